The quantitative estimate of drug-likeness (QED) is 0.896. The van der Waals surface area contributed by atoms with Gasteiger partial charge in [-0.25, -0.2) is 4.39 Å². The maximum absolute atomic E-state index is 13.2. The van der Waals surface area contributed by atoms with Gasteiger partial charge in [-0.1, -0.05) is 12.1 Å². The highest BCUT2D eigenvalue weighted by atomic mass is 19.1. The number of nitrogens with one attached hydrogen (secondary N) is 1. The van der Waals surface area contributed by atoms with Gasteiger partial charge in [-0.05, 0) is 37.5 Å². The average Bonchev–Trinajstić information content (AvgIpc) is 3.23. The molecule has 1 aromatic rings. The van der Waals surface area contributed by atoms with Crippen molar-refractivity contribution < 1.29 is 18.7 Å². The molecule has 3 atom stereocenters. The zero-order valence-electron chi connectivity index (χ0n) is 13.8. The number of benzene rings is 1. The van der Waals surface area contributed by atoms with Crippen molar-refractivity contribution in [3.8, 4) is 0 Å². The zero-order valence-corrected chi connectivity index (χ0v) is 13.8. The molecule has 3 rings (SSSR count). The molecule has 0 unspecified atom stereocenters. The highest BCUT2D eigenvalue weighted by Crippen LogP contribution is 2.28. The molecule has 1 aromatic carbocycles. The largest absolute Gasteiger partial charge is 0.376 e. The molecule has 2 amide bonds. The standard InChI is InChI=1S/C18H23FN2O3/c1-2-21-11-13(10-16(21)22)18(23)20-17(15-4-3-9-24-15)12-5-7-14(19)8-6-12/h5-8,13,15,17H,2-4,9-11H2,1H3,(H,20,23)/t13-,15+,17-/m1/s1. The smallest absolute Gasteiger partial charge is 0.225 e. The van der Waals surface area contributed by atoms with Crippen LogP contribution >= 0.6 is 0 Å². The Kier molecular flexibility index (Phi) is 5.14. The predicted molar refractivity (Wildman–Crippen MR) is 86.6 cm³/mol. The Morgan fingerprint density at radius 1 is 1.42 bits per heavy atom. The molecular formula is C18H23FN2O3. The number of carbonyl (C=O) groups excluding carboxylic acids is 2. The lowest BCUT2D eigenvalue weighted by molar-refractivity contribution is -0.129. The Morgan fingerprint density at radius 2 is 2.17 bits per heavy atom. The molecule has 1 N–H and O–H groups in total. The topological polar surface area (TPSA) is 58.6 Å². The monoisotopic (exact) mass is 334 g/mol. The number of amides is 2. The maximum Gasteiger partial charge on any atom is 0.225 e. The third-order valence-electron chi connectivity index (χ3n) is 4.83. The fourth-order valence-corrected chi connectivity index (χ4v) is 3.45. The zero-order chi connectivity index (χ0) is 17.1. The summed E-state index contributed by atoms with van der Waals surface area (Å²) in [5.41, 5.74) is 0.827. The van der Waals surface area contributed by atoms with Gasteiger partial charge in [-0.15, -0.1) is 0 Å². The van der Waals surface area contributed by atoms with E-state index in [0.29, 0.717) is 19.7 Å². The van der Waals surface area contributed by atoms with Crippen LogP contribution in [-0.4, -0.2) is 42.5 Å². The Balaban J connectivity index is 1.73. The van der Waals surface area contributed by atoms with E-state index in [1.807, 2.05) is 6.92 Å². The van der Waals surface area contributed by atoms with Gasteiger partial charge in [-0.3, -0.25) is 9.59 Å². The van der Waals surface area contributed by atoms with E-state index in [4.69, 9.17) is 4.74 Å². The van der Waals surface area contributed by atoms with E-state index >= 15 is 0 Å². The number of carbonyl (C=O) groups is 2. The van der Waals surface area contributed by atoms with Gasteiger partial charge in [0, 0.05) is 26.1 Å². The first-order valence-electron chi connectivity index (χ1n) is 8.53. The molecule has 6 heteroatoms. The van der Waals surface area contributed by atoms with Gasteiger partial charge >= 0.3 is 0 Å². The molecule has 2 aliphatic rings. The van der Waals surface area contributed by atoms with E-state index in [1.54, 1.807) is 17.0 Å². The van der Waals surface area contributed by atoms with Gasteiger partial charge in [0.15, 0.2) is 0 Å². The average molecular weight is 334 g/mol. The van der Waals surface area contributed by atoms with Crippen molar-refractivity contribution in [2.75, 3.05) is 19.7 Å². The summed E-state index contributed by atoms with van der Waals surface area (Å²) in [4.78, 5) is 26.2. The van der Waals surface area contributed by atoms with Crippen molar-refractivity contribution in [3.05, 3.63) is 35.6 Å². The Hall–Kier alpha value is -1.95. The van der Waals surface area contributed by atoms with Crippen LogP contribution in [0.2, 0.25) is 0 Å². The van der Waals surface area contributed by atoms with Gasteiger partial charge in [0.2, 0.25) is 11.8 Å². The molecule has 0 radical (unpaired) electrons. The van der Waals surface area contributed by atoms with Crippen LogP contribution in [-0.2, 0) is 14.3 Å². The van der Waals surface area contributed by atoms with Gasteiger partial charge < -0.3 is 15.0 Å². The first-order valence-corrected chi connectivity index (χ1v) is 8.53. The first kappa shape index (κ1) is 16.9. The number of ether oxygens (including phenoxy) is 1. The van der Waals surface area contributed by atoms with Crippen molar-refractivity contribution >= 4 is 11.8 Å². The maximum atomic E-state index is 13.2. The predicted octanol–water partition coefficient (Wildman–Crippen LogP) is 2.03. The number of halogens is 1. The van der Waals surface area contributed by atoms with Crippen LogP contribution in [0.5, 0.6) is 0 Å². The van der Waals surface area contributed by atoms with E-state index in [-0.39, 0.29) is 42.1 Å². The second kappa shape index (κ2) is 7.30. The molecule has 2 saturated heterocycles. The highest BCUT2D eigenvalue weighted by molar-refractivity contribution is 5.89. The molecule has 2 fully saturated rings. The fourth-order valence-electron chi connectivity index (χ4n) is 3.45. The molecule has 0 spiro atoms. The van der Waals surface area contributed by atoms with Crippen molar-refractivity contribution in [1.29, 1.82) is 0 Å². The fraction of sp³-hybridized carbons (Fsp3) is 0.556. The van der Waals surface area contributed by atoms with E-state index in [1.165, 1.54) is 12.1 Å². The van der Waals surface area contributed by atoms with E-state index in [0.717, 1.165) is 18.4 Å². The van der Waals surface area contributed by atoms with Gasteiger partial charge in [0.1, 0.15) is 5.82 Å². The minimum absolute atomic E-state index is 0.0214. The van der Waals surface area contributed by atoms with Gasteiger partial charge in [0.25, 0.3) is 0 Å². The lowest BCUT2D eigenvalue weighted by Gasteiger charge is -2.26. The van der Waals surface area contributed by atoms with E-state index < -0.39 is 0 Å². The summed E-state index contributed by atoms with van der Waals surface area (Å²) >= 11 is 0. The second-order valence-electron chi connectivity index (χ2n) is 6.42. The van der Waals surface area contributed by atoms with Crippen LogP contribution in [0.4, 0.5) is 4.39 Å². The molecule has 24 heavy (non-hydrogen) atoms. The Bertz CT molecular complexity index is 599. The van der Waals surface area contributed by atoms with Crippen LogP contribution in [0.1, 0.15) is 37.8 Å². The number of hydrogen-bond acceptors (Lipinski definition) is 3. The minimum atomic E-state index is -0.332. The Labute approximate surface area is 141 Å². The molecular weight excluding hydrogens is 311 g/mol. The van der Waals surface area contributed by atoms with Crippen LogP contribution in [0.3, 0.4) is 0 Å². The third-order valence-corrected chi connectivity index (χ3v) is 4.83. The number of likely N-dealkylation sites (tertiary alicyclic amines) is 1. The van der Waals surface area contributed by atoms with Crippen molar-refractivity contribution in [1.82, 2.24) is 10.2 Å². The Morgan fingerprint density at radius 3 is 2.75 bits per heavy atom. The molecule has 5 nitrogen and oxygen atoms in total. The SMILES string of the molecule is CCN1C[C@H](C(=O)N[C@H](c2ccc(F)cc2)[C@@H]2CCCO2)CC1=O. The van der Waals surface area contributed by atoms with Crippen LogP contribution < -0.4 is 5.32 Å². The lowest BCUT2D eigenvalue weighted by Crippen LogP contribution is -2.40. The highest BCUT2D eigenvalue weighted by Gasteiger charge is 2.36. The third kappa shape index (κ3) is 3.59. The van der Waals surface area contributed by atoms with Crippen molar-refractivity contribution in [2.45, 2.75) is 38.3 Å². The minimum Gasteiger partial charge on any atom is -0.376 e. The number of rotatable bonds is 5. The summed E-state index contributed by atoms with van der Waals surface area (Å²) in [6, 6.07) is 5.83. The number of nitrogens with zero attached hydrogens (tertiary/aromatic N) is 1. The molecule has 0 aliphatic carbocycles. The molecule has 130 valence electrons. The molecule has 0 bridgehead atoms. The summed E-state index contributed by atoms with van der Waals surface area (Å²) in [7, 11) is 0. The van der Waals surface area contributed by atoms with Gasteiger partial charge in [0.05, 0.1) is 18.1 Å². The van der Waals surface area contributed by atoms with Crippen LogP contribution in [0.15, 0.2) is 24.3 Å². The summed E-state index contributed by atoms with van der Waals surface area (Å²) in [6.45, 7) is 3.66. The normalized spacial score (nSPS) is 25.1. The van der Waals surface area contributed by atoms with E-state index in [2.05, 4.69) is 5.32 Å². The first-order chi connectivity index (χ1) is 11.6. The number of hydrogen-bond donors (Lipinski definition) is 1. The molecule has 0 saturated carbocycles. The summed E-state index contributed by atoms with van der Waals surface area (Å²) in [6.07, 6.45) is 1.94. The molecule has 0 aromatic heterocycles. The molecule has 2 aliphatic heterocycles. The second-order valence-corrected chi connectivity index (χ2v) is 6.42. The summed E-state index contributed by atoms with van der Waals surface area (Å²) < 4.78 is 18.9. The van der Waals surface area contributed by atoms with Crippen molar-refractivity contribution in [2.24, 2.45) is 5.92 Å². The molecule has 2 heterocycles. The summed E-state index contributed by atoms with van der Waals surface area (Å²) in [5.74, 6) is -0.754. The van der Waals surface area contributed by atoms with Crippen LogP contribution in [0.25, 0.3) is 0 Å². The van der Waals surface area contributed by atoms with Crippen molar-refractivity contribution in [3.63, 3.8) is 0 Å². The van der Waals surface area contributed by atoms with E-state index in [9.17, 15) is 14.0 Å². The summed E-state index contributed by atoms with van der Waals surface area (Å²) in [5, 5.41) is 3.04. The van der Waals surface area contributed by atoms with Crippen LogP contribution in [0, 0.1) is 11.7 Å². The van der Waals surface area contributed by atoms with Gasteiger partial charge in [-0.2, -0.15) is 0 Å². The lowest BCUT2D eigenvalue weighted by atomic mass is 9.97.